The van der Waals surface area contributed by atoms with Crippen LogP contribution in [-0.4, -0.2) is 35.1 Å². The van der Waals surface area contributed by atoms with Crippen LogP contribution in [0.4, 0.5) is 8.78 Å². The lowest BCUT2D eigenvalue weighted by molar-refractivity contribution is 0.101. The van der Waals surface area contributed by atoms with Crippen LogP contribution in [0.15, 0.2) is 30.0 Å². The monoisotopic (exact) mass is 434 g/mol. The van der Waals surface area contributed by atoms with Crippen LogP contribution in [0.2, 0.25) is 0 Å². The molecular formula is C18H16F2N6OS2. The summed E-state index contributed by atoms with van der Waals surface area (Å²) in [5.41, 5.74) is 0.0995. The summed E-state index contributed by atoms with van der Waals surface area (Å²) in [5.74, 6) is -1.43. The van der Waals surface area contributed by atoms with E-state index in [1.807, 2.05) is 12.3 Å². The van der Waals surface area contributed by atoms with Crippen LogP contribution in [-0.2, 0) is 18.6 Å². The molecule has 0 aliphatic rings. The van der Waals surface area contributed by atoms with Crippen LogP contribution in [0, 0.1) is 18.6 Å². The van der Waals surface area contributed by atoms with Crippen molar-refractivity contribution in [3.63, 3.8) is 0 Å². The predicted octanol–water partition coefficient (Wildman–Crippen LogP) is 3.07. The zero-order valence-corrected chi connectivity index (χ0v) is 17.1. The Morgan fingerprint density at radius 1 is 1.17 bits per heavy atom. The Balaban J connectivity index is 1.49. The molecule has 150 valence electrons. The fraction of sp³-hybridized carbons (Fsp3) is 0.278. The standard InChI is InChI=1S/C18H16F2N6OS2/c1-10-9-28-16(22-10)18(2,27)17-24-23-15(29-17)5-11-3-4-26(25-11)8-12-13(19)6-21-7-14(12)20/h3-4,6-7,9,27H,5,8H2,1-2H3. The first kappa shape index (κ1) is 19.7. The van der Waals surface area contributed by atoms with E-state index in [-0.39, 0.29) is 12.1 Å². The topological polar surface area (TPSA) is 89.6 Å². The van der Waals surface area contributed by atoms with E-state index in [0.29, 0.717) is 27.1 Å². The van der Waals surface area contributed by atoms with Crippen molar-refractivity contribution in [1.29, 1.82) is 0 Å². The van der Waals surface area contributed by atoms with Crippen LogP contribution in [0.5, 0.6) is 0 Å². The van der Waals surface area contributed by atoms with E-state index in [0.717, 1.165) is 18.1 Å². The van der Waals surface area contributed by atoms with Crippen molar-refractivity contribution < 1.29 is 13.9 Å². The van der Waals surface area contributed by atoms with Crippen LogP contribution in [0.1, 0.15) is 38.9 Å². The predicted molar refractivity (Wildman–Crippen MR) is 104 cm³/mol. The molecule has 0 spiro atoms. The molecule has 0 radical (unpaired) electrons. The highest BCUT2D eigenvalue weighted by Crippen LogP contribution is 2.33. The highest BCUT2D eigenvalue weighted by atomic mass is 32.1. The second kappa shape index (κ2) is 7.65. The molecule has 0 fully saturated rings. The van der Waals surface area contributed by atoms with E-state index >= 15 is 0 Å². The van der Waals surface area contributed by atoms with E-state index in [4.69, 9.17) is 0 Å². The summed E-state index contributed by atoms with van der Waals surface area (Å²) < 4.78 is 29.0. The fourth-order valence-corrected chi connectivity index (χ4v) is 4.51. The fourth-order valence-electron chi connectivity index (χ4n) is 2.68. The third kappa shape index (κ3) is 4.07. The van der Waals surface area contributed by atoms with Gasteiger partial charge in [0.1, 0.15) is 21.6 Å². The normalized spacial score (nSPS) is 13.6. The van der Waals surface area contributed by atoms with Crippen molar-refractivity contribution in [3.8, 4) is 0 Å². The van der Waals surface area contributed by atoms with Gasteiger partial charge in [-0.05, 0) is 19.9 Å². The second-order valence-corrected chi connectivity index (χ2v) is 8.55. The number of hydrogen-bond donors (Lipinski definition) is 1. The second-order valence-electron chi connectivity index (χ2n) is 6.63. The number of pyridine rings is 1. The number of rotatable bonds is 6. The van der Waals surface area contributed by atoms with Gasteiger partial charge in [0.15, 0.2) is 10.6 Å². The summed E-state index contributed by atoms with van der Waals surface area (Å²) in [6, 6.07) is 1.75. The first-order chi connectivity index (χ1) is 13.8. The van der Waals surface area contributed by atoms with Crippen LogP contribution in [0.3, 0.4) is 0 Å². The number of nitrogens with zero attached hydrogens (tertiary/aromatic N) is 6. The Labute approximate surface area is 172 Å². The molecule has 1 N–H and O–H groups in total. The highest BCUT2D eigenvalue weighted by molar-refractivity contribution is 7.12. The van der Waals surface area contributed by atoms with Gasteiger partial charge < -0.3 is 5.11 Å². The first-order valence-corrected chi connectivity index (χ1v) is 10.3. The molecule has 0 aliphatic carbocycles. The molecule has 29 heavy (non-hydrogen) atoms. The van der Waals surface area contributed by atoms with E-state index in [1.165, 1.54) is 27.4 Å². The van der Waals surface area contributed by atoms with Gasteiger partial charge >= 0.3 is 0 Å². The summed E-state index contributed by atoms with van der Waals surface area (Å²) in [4.78, 5) is 7.81. The Bertz CT molecular complexity index is 1130. The molecule has 11 heteroatoms. The maximum Gasteiger partial charge on any atom is 0.166 e. The van der Waals surface area contributed by atoms with Crippen LogP contribution >= 0.6 is 22.7 Å². The molecule has 7 nitrogen and oxygen atoms in total. The molecule has 0 aromatic carbocycles. The Hall–Kier alpha value is -2.63. The van der Waals surface area contributed by atoms with Gasteiger partial charge in [-0.15, -0.1) is 21.5 Å². The number of aliphatic hydroxyl groups is 1. The van der Waals surface area contributed by atoms with Crippen molar-refractivity contribution in [2.24, 2.45) is 0 Å². The average Bonchev–Trinajstić information content (AvgIpc) is 3.40. The van der Waals surface area contributed by atoms with Gasteiger partial charge in [0, 0.05) is 29.3 Å². The largest absolute Gasteiger partial charge is 0.376 e. The number of aromatic nitrogens is 6. The van der Waals surface area contributed by atoms with Gasteiger partial charge in [-0.25, -0.2) is 13.8 Å². The third-order valence-corrected chi connectivity index (χ3v) is 6.52. The van der Waals surface area contributed by atoms with E-state index in [1.54, 1.807) is 19.2 Å². The van der Waals surface area contributed by atoms with E-state index in [9.17, 15) is 13.9 Å². The molecule has 4 aromatic rings. The van der Waals surface area contributed by atoms with Gasteiger partial charge in [-0.3, -0.25) is 9.67 Å². The first-order valence-electron chi connectivity index (χ1n) is 8.61. The number of halogens is 2. The van der Waals surface area contributed by atoms with Gasteiger partial charge in [0.05, 0.1) is 24.6 Å². The molecule has 0 saturated carbocycles. The van der Waals surface area contributed by atoms with Crippen molar-refractivity contribution >= 4 is 22.7 Å². The molecule has 1 unspecified atom stereocenters. The summed E-state index contributed by atoms with van der Waals surface area (Å²) in [5, 5.41) is 27.0. The summed E-state index contributed by atoms with van der Waals surface area (Å²) in [7, 11) is 0. The Kier molecular flexibility index (Phi) is 5.19. The van der Waals surface area contributed by atoms with Gasteiger partial charge in [0.2, 0.25) is 0 Å². The highest BCUT2D eigenvalue weighted by Gasteiger charge is 2.33. The zero-order chi connectivity index (χ0) is 20.6. The minimum absolute atomic E-state index is 0.0420. The molecule has 0 saturated heterocycles. The smallest absolute Gasteiger partial charge is 0.166 e. The molecule has 0 aliphatic heterocycles. The van der Waals surface area contributed by atoms with Gasteiger partial charge in [-0.1, -0.05) is 11.3 Å². The minimum Gasteiger partial charge on any atom is -0.376 e. The molecule has 4 rings (SSSR count). The van der Waals surface area contributed by atoms with Crippen LogP contribution in [0.25, 0.3) is 0 Å². The number of thiazole rings is 1. The summed E-state index contributed by atoms with van der Waals surface area (Å²) >= 11 is 2.64. The third-order valence-electron chi connectivity index (χ3n) is 4.22. The SMILES string of the molecule is Cc1csc(C(C)(O)c2nnc(Cc3ccn(Cc4c(F)cncc4F)n3)s2)n1. The quantitative estimate of drug-likeness (QED) is 0.502. The average molecular weight is 434 g/mol. The van der Waals surface area contributed by atoms with E-state index in [2.05, 4.69) is 25.3 Å². The molecule has 0 amide bonds. The van der Waals surface area contributed by atoms with E-state index < -0.39 is 17.2 Å². The Morgan fingerprint density at radius 2 is 1.93 bits per heavy atom. The minimum atomic E-state index is -1.31. The Morgan fingerprint density at radius 3 is 2.62 bits per heavy atom. The molecule has 4 heterocycles. The van der Waals surface area contributed by atoms with Crippen molar-refractivity contribution in [1.82, 2.24) is 29.9 Å². The van der Waals surface area contributed by atoms with Gasteiger partial charge in [-0.2, -0.15) is 5.10 Å². The number of aryl methyl sites for hydroxylation is 1. The molecule has 4 aromatic heterocycles. The molecule has 0 bridgehead atoms. The molecule has 1 atom stereocenters. The van der Waals surface area contributed by atoms with Crippen molar-refractivity contribution in [2.75, 3.05) is 0 Å². The van der Waals surface area contributed by atoms with Gasteiger partial charge in [0.25, 0.3) is 0 Å². The van der Waals surface area contributed by atoms with Crippen LogP contribution < -0.4 is 0 Å². The summed E-state index contributed by atoms with van der Waals surface area (Å²) in [6.07, 6.45) is 3.98. The van der Waals surface area contributed by atoms with Crippen molar-refractivity contribution in [3.05, 3.63) is 73.6 Å². The number of hydrogen-bond acceptors (Lipinski definition) is 8. The maximum absolute atomic E-state index is 13.8. The maximum atomic E-state index is 13.8. The van der Waals surface area contributed by atoms with Crippen molar-refractivity contribution in [2.45, 2.75) is 32.4 Å². The summed E-state index contributed by atoms with van der Waals surface area (Å²) in [6.45, 7) is 3.46. The zero-order valence-electron chi connectivity index (χ0n) is 15.5. The molecular weight excluding hydrogens is 418 g/mol. The lowest BCUT2D eigenvalue weighted by atomic mass is 10.1. The lowest BCUT2D eigenvalue weighted by Crippen LogP contribution is -2.22. The lowest BCUT2D eigenvalue weighted by Gasteiger charge is -2.16.